The number of ether oxygens (including phenoxy) is 1. The highest BCUT2D eigenvalue weighted by molar-refractivity contribution is 7.19. The Hall–Kier alpha value is -2.07. The van der Waals surface area contributed by atoms with Gasteiger partial charge in [0.1, 0.15) is 23.9 Å². The largest absolute Gasteiger partial charge is 0.507 e. The zero-order chi connectivity index (χ0) is 13.2. The van der Waals surface area contributed by atoms with Crippen molar-refractivity contribution in [3.63, 3.8) is 0 Å². The summed E-state index contributed by atoms with van der Waals surface area (Å²) >= 11 is 1.56. The number of hydrogen-bond donors (Lipinski definition) is 1. The number of phenolic OH excluding ortho intramolecular Hbond substituents is 1. The molecule has 96 valence electrons. The highest BCUT2D eigenvalue weighted by atomic mass is 32.1. The van der Waals surface area contributed by atoms with E-state index in [-0.39, 0.29) is 11.6 Å². The van der Waals surface area contributed by atoms with Crippen LogP contribution in [0.25, 0.3) is 10.1 Å². The van der Waals surface area contributed by atoms with E-state index in [0.717, 1.165) is 15.0 Å². The molecule has 1 aromatic heterocycles. The monoisotopic (exact) mass is 274 g/mol. The smallest absolute Gasteiger partial charge is 0.126 e. The molecule has 0 aliphatic heterocycles. The van der Waals surface area contributed by atoms with Crippen LogP contribution < -0.4 is 4.74 Å². The molecule has 4 heteroatoms. The summed E-state index contributed by atoms with van der Waals surface area (Å²) in [6.45, 7) is 0.363. The Kier molecular flexibility index (Phi) is 3.09. The summed E-state index contributed by atoms with van der Waals surface area (Å²) in [6, 6.07) is 13.4. The van der Waals surface area contributed by atoms with Crippen molar-refractivity contribution in [2.45, 2.75) is 6.61 Å². The van der Waals surface area contributed by atoms with Crippen molar-refractivity contribution in [3.05, 3.63) is 59.2 Å². The molecular weight excluding hydrogens is 263 g/mol. The second-order valence-electron chi connectivity index (χ2n) is 4.15. The third-order valence-electron chi connectivity index (χ3n) is 2.77. The van der Waals surface area contributed by atoms with Crippen LogP contribution in [0.3, 0.4) is 0 Å². The molecule has 0 atom stereocenters. The second kappa shape index (κ2) is 4.90. The molecule has 0 aliphatic carbocycles. The molecule has 0 aliphatic rings. The lowest BCUT2D eigenvalue weighted by Crippen LogP contribution is -1.92. The fraction of sp³-hybridized carbons (Fsp3) is 0.0667. The maximum Gasteiger partial charge on any atom is 0.126 e. The first kappa shape index (κ1) is 12.0. The van der Waals surface area contributed by atoms with E-state index in [1.807, 2.05) is 18.2 Å². The van der Waals surface area contributed by atoms with Crippen molar-refractivity contribution in [2.75, 3.05) is 0 Å². The van der Waals surface area contributed by atoms with E-state index in [1.54, 1.807) is 29.5 Å². The van der Waals surface area contributed by atoms with Gasteiger partial charge in [0.25, 0.3) is 0 Å². The van der Waals surface area contributed by atoms with Crippen molar-refractivity contribution in [1.82, 2.24) is 0 Å². The van der Waals surface area contributed by atoms with Crippen LogP contribution in [0.1, 0.15) is 4.88 Å². The molecule has 0 fully saturated rings. The Balaban J connectivity index is 1.80. The molecule has 0 amide bonds. The fourth-order valence-electron chi connectivity index (χ4n) is 1.88. The Morgan fingerprint density at radius 3 is 2.74 bits per heavy atom. The lowest BCUT2D eigenvalue weighted by molar-refractivity contribution is 0.308. The summed E-state index contributed by atoms with van der Waals surface area (Å²) in [7, 11) is 0. The summed E-state index contributed by atoms with van der Waals surface area (Å²) in [6.07, 6.45) is 0. The summed E-state index contributed by atoms with van der Waals surface area (Å²) < 4.78 is 19.5. The second-order valence-corrected chi connectivity index (χ2v) is 5.32. The number of benzene rings is 2. The number of fused-ring (bicyclic) bond motifs is 1. The molecule has 2 nitrogen and oxygen atoms in total. The van der Waals surface area contributed by atoms with Gasteiger partial charge in [-0.2, -0.15) is 0 Å². The van der Waals surface area contributed by atoms with Crippen LogP contribution in [0, 0.1) is 5.82 Å². The molecule has 0 saturated heterocycles. The van der Waals surface area contributed by atoms with E-state index in [4.69, 9.17) is 4.74 Å². The van der Waals surface area contributed by atoms with Crippen LogP contribution in [0.15, 0.2) is 48.5 Å². The molecule has 3 rings (SSSR count). The molecule has 0 saturated carbocycles. The number of aromatic hydroxyl groups is 1. The molecule has 2 aromatic carbocycles. The van der Waals surface area contributed by atoms with Gasteiger partial charge in [0, 0.05) is 21.0 Å². The molecule has 3 aromatic rings. The van der Waals surface area contributed by atoms with Gasteiger partial charge in [0.05, 0.1) is 0 Å². The van der Waals surface area contributed by atoms with Crippen LogP contribution in [0.5, 0.6) is 11.5 Å². The van der Waals surface area contributed by atoms with Crippen LogP contribution in [-0.2, 0) is 6.61 Å². The van der Waals surface area contributed by atoms with Gasteiger partial charge in [-0.05, 0) is 30.3 Å². The Morgan fingerprint density at radius 1 is 1.11 bits per heavy atom. The fourth-order valence-corrected chi connectivity index (χ4v) is 2.88. The Labute approximate surface area is 113 Å². The Morgan fingerprint density at radius 2 is 1.95 bits per heavy atom. The molecular formula is C15H11FO2S. The maximum absolute atomic E-state index is 13.0. The van der Waals surface area contributed by atoms with Crippen molar-refractivity contribution in [1.29, 1.82) is 0 Å². The molecule has 0 spiro atoms. The molecule has 19 heavy (non-hydrogen) atoms. The summed E-state index contributed by atoms with van der Waals surface area (Å²) in [5.41, 5.74) is 0. The van der Waals surface area contributed by atoms with Crippen molar-refractivity contribution in [3.8, 4) is 11.5 Å². The van der Waals surface area contributed by atoms with Crippen LogP contribution in [0.2, 0.25) is 0 Å². The van der Waals surface area contributed by atoms with E-state index in [0.29, 0.717) is 12.4 Å². The number of rotatable bonds is 3. The highest BCUT2D eigenvalue weighted by Gasteiger charge is 2.06. The molecule has 1 N–H and O–H groups in total. The van der Waals surface area contributed by atoms with Gasteiger partial charge in [-0.3, -0.25) is 0 Å². The van der Waals surface area contributed by atoms with Gasteiger partial charge in [0.15, 0.2) is 0 Å². The van der Waals surface area contributed by atoms with Gasteiger partial charge < -0.3 is 9.84 Å². The van der Waals surface area contributed by atoms with Crippen LogP contribution >= 0.6 is 11.3 Å². The third-order valence-corrected chi connectivity index (χ3v) is 3.84. The van der Waals surface area contributed by atoms with Gasteiger partial charge >= 0.3 is 0 Å². The van der Waals surface area contributed by atoms with E-state index in [2.05, 4.69) is 0 Å². The number of phenols is 1. The summed E-state index contributed by atoms with van der Waals surface area (Å²) in [5.74, 6) is 0.457. The topological polar surface area (TPSA) is 29.5 Å². The minimum Gasteiger partial charge on any atom is -0.507 e. The average molecular weight is 274 g/mol. The van der Waals surface area contributed by atoms with E-state index in [1.165, 1.54) is 12.1 Å². The molecule has 0 radical (unpaired) electrons. The Bertz CT molecular complexity index is 721. The summed E-state index contributed by atoms with van der Waals surface area (Å²) in [5, 5.41) is 10.5. The zero-order valence-corrected chi connectivity index (χ0v) is 10.8. The van der Waals surface area contributed by atoms with Crippen molar-refractivity contribution < 1.29 is 14.2 Å². The SMILES string of the molecule is Oc1cccc2sc(COc3cccc(F)c3)cc12. The predicted octanol–water partition coefficient (Wildman–Crippen LogP) is 4.33. The lowest BCUT2D eigenvalue weighted by atomic mass is 10.2. The number of halogens is 1. The lowest BCUT2D eigenvalue weighted by Gasteiger charge is -2.03. The number of thiophene rings is 1. The van der Waals surface area contributed by atoms with Crippen molar-refractivity contribution >= 4 is 21.4 Å². The minimum absolute atomic E-state index is 0.269. The van der Waals surface area contributed by atoms with Gasteiger partial charge in [-0.15, -0.1) is 11.3 Å². The number of hydrogen-bond acceptors (Lipinski definition) is 3. The normalized spacial score (nSPS) is 10.8. The first-order valence-corrected chi connectivity index (χ1v) is 6.63. The predicted molar refractivity (Wildman–Crippen MR) is 74.2 cm³/mol. The summed E-state index contributed by atoms with van der Waals surface area (Å²) in [4.78, 5) is 0.987. The maximum atomic E-state index is 13.0. The van der Waals surface area contributed by atoms with E-state index in [9.17, 15) is 9.50 Å². The highest BCUT2D eigenvalue weighted by Crippen LogP contribution is 2.32. The molecule has 0 bridgehead atoms. The van der Waals surface area contributed by atoms with Crippen molar-refractivity contribution in [2.24, 2.45) is 0 Å². The van der Waals surface area contributed by atoms with Gasteiger partial charge in [0.2, 0.25) is 0 Å². The van der Waals surface area contributed by atoms with E-state index < -0.39 is 0 Å². The zero-order valence-electron chi connectivity index (χ0n) is 9.97. The van der Waals surface area contributed by atoms with Gasteiger partial charge in [-0.1, -0.05) is 12.1 Å². The first-order valence-electron chi connectivity index (χ1n) is 5.81. The molecule has 1 heterocycles. The quantitative estimate of drug-likeness (QED) is 0.770. The van der Waals surface area contributed by atoms with Gasteiger partial charge in [-0.25, -0.2) is 4.39 Å². The third kappa shape index (κ3) is 2.53. The minimum atomic E-state index is -0.313. The van der Waals surface area contributed by atoms with E-state index >= 15 is 0 Å². The first-order chi connectivity index (χ1) is 9.22. The van der Waals surface area contributed by atoms with Crippen LogP contribution in [0.4, 0.5) is 4.39 Å². The standard InChI is InChI=1S/C15H11FO2S/c16-10-3-1-4-11(7-10)18-9-12-8-13-14(17)5-2-6-15(13)19-12/h1-8,17H,9H2. The van der Waals surface area contributed by atoms with Crippen LogP contribution in [-0.4, -0.2) is 5.11 Å². The molecule has 0 unspecified atom stereocenters. The average Bonchev–Trinajstić information content (AvgIpc) is 2.81.